The Morgan fingerprint density at radius 1 is 1.14 bits per heavy atom. The monoisotopic (exact) mass is 287 g/mol. The van der Waals surface area contributed by atoms with Crippen LogP contribution in [0.15, 0.2) is 46.0 Å². The Morgan fingerprint density at radius 2 is 1.86 bits per heavy atom. The van der Waals surface area contributed by atoms with Crippen molar-refractivity contribution in [3.05, 3.63) is 68.5 Å². The zero-order chi connectivity index (χ0) is 15.2. The zero-order valence-electron chi connectivity index (χ0n) is 12.5. The van der Waals surface area contributed by atoms with Crippen LogP contribution in [0.4, 0.5) is 0 Å². The molecule has 0 fully saturated rings. The Labute approximate surface area is 123 Å². The van der Waals surface area contributed by atoms with Crippen molar-refractivity contribution in [3.63, 3.8) is 0 Å². The molecule has 0 unspecified atom stereocenters. The summed E-state index contributed by atoms with van der Waals surface area (Å²) in [4.78, 5) is 23.5. The molecule has 5 heteroatoms. The van der Waals surface area contributed by atoms with E-state index in [4.69, 9.17) is 0 Å². The lowest BCUT2D eigenvalue weighted by atomic mass is 10.2. The van der Waals surface area contributed by atoms with Crippen LogP contribution >= 0.6 is 0 Å². The van der Waals surface area contributed by atoms with Gasteiger partial charge in [0.25, 0.3) is 5.56 Å². The molecular formula is C16H21N3O2. The second-order valence-electron chi connectivity index (χ2n) is 5.13. The van der Waals surface area contributed by atoms with E-state index < -0.39 is 0 Å². The van der Waals surface area contributed by atoms with E-state index in [2.05, 4.69) is 17.4 Å². The fraction of sp³-hybridized carbons (Fsp3) is 0.375. The predicted octanol–water partition coefficient (Wildman–Crippen LogP) is 1.04. The second-order valence-corrected chi connectivity index (χ2v) is 5.13. The van der Waals surface area contributed by atoms with E-state index in [1.807, 2.05) is 18.2 Å². The van der Waals surface area contributed by atoms with E-state index in [0.717, 1.165) is 24.1 Å². The third kappa shape index (κ3) is 3.92. The number of aromatic nitrogens is 2. The second kappa shape index (κ2) is 7.04. The molecule has 0 saturated carbocycles. The first-order valence-corrected chi connectivity index (χ1v) is 7.11. The molecule has 0 aliphatic carbocycles. The van der Waals surface area contributed by atoms with Gasteiger partial charge < -0.3 is 5.32 Å². The summed E-state index contributed by atoms with van der Waals surface area (Å²) < 4.78 is 2.79. The highest BCUT2D eigenvalue weighted by atomic mass is 16.2. The molecule has 0 bridgehead atoms. The number of aryl methyl sites for hydroxylation is 1. The highest BCUT2D eigenvalue weighted by Gasteiger charge is 2.05. The van der Waals surface area contributed by atoms with Crippen molar-refractivity contribution in [3.8, 4) is 0 Å². The van der Waals surface area contributed by atoms with E-state index in [-0.39, 0.29) is 11.2 Å². The van der Waals surface area contributed by atoms with Crippen molar-refractivity contribution >= 4 is 0 Å². The van der Waals surface area contributed by atoms with Crippen LogP contribution in [0, 0.1) is 6.92 Å². The zero-order valence-corrected chi connectivity index (χ0v) is 12.5. The maximum absolute atomic E-state index is 12.0. The number of nitrogens with one attached hydrogen (secondary N) is 1. The van der Waals surface area contributed by atoms with E-state index in [9.17, 15) is 9.59 Å². The molecule has 5 nitrogen and oxygen atoms in total. The molecule has 0 amide bonds. The van der Waals surface area contributed by atoms with Gasteiger partial charge in [0.2, 0.25) is 0 Å². The number of benzene rings is 1. The van der Waals surface area contributed by atoms with Crippen molar-refractivity contribution in [1.29, 1.82) is 0 Å². The third-order valence-electron chi connectivity index (χ3n) is 3.51. The van der Waals surface area contributed by atoms with Crippen LogP contribution in [-0.2, 0) is 20.1 Å². The Bertz CT molecular complexity index is 702. The van der Waals surface area contributed by atoms with Crippen molar-refractivity contribution in [2.24, 2.45) is 7.05 Å². The maximum Gasteiger partial charge on any atom is 0.330 e. The average Bonchev–Trinajstić information content (AvgIpc) is 2.49. The molecule has 112 valence electrons. The average molecular weight is 287 g/mol. The summed E-state index contributed by atoms with van der Waals surface area (Å²) in [6, 6.07) is 11.7. The van der Waals surface area contributed by atoms with Crippen LogP contribution in [-0.4, -0.2) is 15.7 Å². The lowest BCUT2D eigenvalue weighted by Gasteiger charge is -2.11. The number of hydrogen-bond acceptors (Lipinski definition) is 3. The largest absolute Gasteiger partial charge is 0.330 e. The molecule has 2 rings (SSSR count). The van der Waals surface area contributed by atoms with E-state index >= 15 is 0 Å². The van der Waals surface area contributed by atoms with Gasteiger partial charge in [-0.2, -0.15) is 0 Å². The molecule has 1 N–H and O–H groups in total. The number of nitrogens with zero attached hydrogens (tertiary/aromatic N) is 2. The Hall–Kier alpha value is -2.14. The minimum absolute atomic E-state index is 0.247. The van der Waals surface area contributed by atoms with Crippen molar-refractivity contribution in [2.45, 2.75) is 26.4 Å². The van der Waals surface area contributed by atoms with Crippen LogP contribution in [0.3, 0.4) is 0 Å². The van der Waals surface area contributed by atoms with Crippen LogP contribution in [0.25, 0.3) is 0 Å². The molecule has 0 spiro atoms. The first-order valence-electron chi connectivity index (χ1n) is 7.11. The lowest BCUT2D eigenvalue weighted by Crippen LogP contribution is -2.39. The van der Waals surface area contributed by atoms with Gasteiger partial charge in [0, 0.05) is 31.9 Å². The maximum atomic E-state index is 12.0. The summed E-state index contributed by atoms with van der Waals surface area (Å²) in [5.74, 6) is 0. The molecule has 0 radical (unpaired) electrons. The predicted molar refractivity (Wildman–Crippen MR) is 83.4 cm³/mol. The molecule has 0 atom stereocenters. The number of hydrogen-bond donors (Lipinski definition) is 1. The van der Waals surface area contributed by atoms with Gasteiger partial charge in [0.1, 0.15) is 0 Å². The van der Waals surface area contributed by atoms with Crippen molar-refractivity contribution in [2.75, 3.05) is 6.54 Å². The molecule has 1 heterocycles. The lowest BCUT2D eigenvalue weighted by molar-refractivity contribution is 0.532. The molecule has 1 aromatic heterocycles. The minimum atomic E-state index is -0.254. The van der Waals surface area contributed by atoms with E-state index in [0.29, 0.717) is 12.2 Å². The summed E-state index contributed by atoms with van der Waals surface area (Å²) in [6.45, 7) is 4.05. The quantitative estimate of drug-likeness (QED) is 0.808. The van der Waals surface area contributed by atoms with Gasteiger partial charge >= 0.3 is 5.69 Å². The molecule has 0 aliphatic rings. The molecule has 21 heavy (non-hydrogen) atoms. The highest BCUT2D eigenvalue weighted by Crippen LogP contribution is 1.97. The smallest absolute Gasteiger partial charge is 0.313 e. The van der Waals surface area contributed by atoms with Gasteiger partial charge in [-0.05, 0) is 25.5 Å². The van der Waals surface area contributed by atoms with Crippen molar-refractivity contribution in [1.82, 2.24) is 14.5 Å². The first-order chi connectivity index (χ1) is 10.1. The first kappa shape index (κ1) is 15.3. The van der Waals surface area contributed by atoms with Crippen LogP contribution < -0.4 is 16.6 Å². The van der Waals surface area contributed by atoms with Gasteiger partial charge in [-0.1, -0.05) is 30.3 Å². The van der Waals surface area contributed by atoms with Gasteiger partial charge in [0.15, 0.2) is 0 Å². The summed E-state index contributed by atoms with van der Waals surface area (Å²) in [6.07, 6.45) is 0.839. The van der Waals surface area contributed by atoms with Crippen LogP contribution in [0.1, 0.15) is 17.7 Å². The normalized spacial score (nSPS) is 10.8. The van der Waals surface area contributed by atoms with Gasteiger partial charge in [0.05, 0.1) is 0 Å². The molecule has 2 aromatic rings. The van der Waals surface area contributed by atoms with Gasteiger partial charge in [-0.15, -0.1) is 0 Å². The fourth-order valence-electron chi connectivity index (χ4n) is 2.24. The summed E-state index contributed by atoms with van der Waals surface area (Å²) in [5, 5.41) is 3.35. The molecule has 0 aliphatic heterocycles. The fourth-order valence-corrected chi connectivity index (χ4v) is 2.24. The van der Waals surface area contributed by atoms with E-state index in [1.165, 1.54) is 18.7 Å². The van der Waals surface area contributed by atoms with Crippen molar-refractivity contribution < 1.29 is 0 Å². The molecule has 0 saturated heterocycles. The minimum Gasteiger partial charge on any atom is -0.313 e. The van der Waals surface area contributed by atoms with Gasteiger partial charge in [-0.25, -0.2) is 4.79 Å². The summed E-state index contributed by atoms with van der Waals surface area (Å²) in [5.41, 5.74) is 1.46. The Kier molecular flexibility index (Phi) is 5.11. The Balaban J connectivity index is 1.86. The topological polar surface area (TPSA) is 56.0 Å². The summed E-state index contributed by atoms with van der Waals surface area (Å²) in [7, 11) is 1.51. The SMILES string of the molecule is Cc1cc(=O)n(C)c(=O)n1CCCNCc1ccccc1. The molecule has 1 aromatic carbocycles. The third-order valence-corrected chi connectivity index (χ3v) is 3.51. The summed E-state index contributed by atoms with van der Waals surface area (Å²) >= 11 is 0. The standard InChI is InChI=1S/C16H21N3O2/c1-13-11-15(20)18(2)16(21)19(13)10-6-9-17-12-14-7-4-3-5-8-14/h3-5,7-8,11,17H,6,9-10,12H2,1-2H3. The van der Waals surface area contributed by atoms with Crippen LogP contribution in [0.5, 0.6) is 0 Å². The highest BCUT2D eigenvalue weighted by molar-refractivity contribution is 5.14. The van der Waals surface area contributed by atoms with Crippen LogP contribution in [0.2, 0.25) is 0 Å². The molecular weight excluding hydrogens is 266 g/mol. The van der Waals surface area contributed by atoms with E-state index in [1.54, 1.807) is 11.5 Å². The van der Waals surface area contributed by atoms with Gasteiger partial charge in [-0.3, -0.25) is 13.9 Å². The Morgan fingerprint density at radius 3 is 2.57 bits per heavy atom. The number of rotatable bonds is 6.